The number of hydrogen-bond acceptors (Lipinski definition) is 5. The molecule has 0 aliphatic heterocycles. The molecule has 1 aliphatic carbocycles. The van der Waals surface area contributed by atoms with E-state index in [2.05, 4.69) is 15.3 Å². The molecular formula is C21H31N3O4. The van der Waals surface area contributed by atoms with E-state index in [9.17, 15) is 19.5 Å². The zero-order chi connectivity index (χ0) is 20.7. The summed E-state index contributed by atoms with van der Waals surface area (Å²) in [6.45, 7) is 5.31. The van der Waals surface area contributed by atoms with E-state index in [1.807, 2.05) is 0 Å². The number of carboxylic acids is 1. The maximum absolute atomic E-state index is 13.0. The molecule has 0 bridgehead atoms. The summed E-state index contributed by atoms with van der Waals surface area (Å²) in [5, 5.41) is 12.2. The highest BCUT2D eigenvalue weighted by Gasteiger charge is 2.35. The second-order valence-electron chi connectivity index (χ2n) is 8.80. The van der Waals surface area contributed by atoms with E-state index in [-0.39, 0.29) is 23.8 Å². The van der Waals surface area contributed by atoms with Crippen molar-refractivity contribution in [2.45, 2.75) is 71.8 Å². The predicted octanol–water partition coefficient (Wildman–Crippen LogP) is 3.25. The SMILES string of the molecule is CC(C)(C)[C@H](NC(=O)[C@@H](CC(=O)c1cnccn1)CC1CCCCC1)C(=O)O. The zero-order valence-electron chi connectivity index (χ0n) is 17.0. The van der Waals surface area contributed by atoms with Crippen molar-refractivity contribution in [3.63, 3.8) is 0 Å². The largest absolute Gasteiger partial charge is 0.480 e. The topological polar surface area (TPSA) is 109 Å². The molecule has 28 heavy (non-hydrogen) atoms. The first-order valence-corrected chi connectivity index (χ1v) is 10.0. The second kappa shape index (κ2) is 9.75. The number of carboxylic acid groups (broad SMARTS) is 1. The Balaban J connectivity index is 2.15. The van der Waals surface area contributed by atoms with Gasteiger partial charge in [-0.1, -0.05) is 52.9 Å². The molecule has 1 aromatic rings. The van der Waals surface area contributed by atoms with Crippen LogP contribution in [0.15, 0.2) is 18.6 Å². The standard InChI is InChI=1S/C21H31N3O4/c1-21(2,3)18(20(27)28)24-19(26)15(11-14-7-5-4-6-8-14)12-17(25)16-13-22-9-10-23-16/h9-10,13-15,18H,4-8,11-12H2,1-3H3,(H,24,26)(H,27,28)/t15-,18-/m1/s1. The minimum absolute atomic E-state index is 0.0114. The number of ketones is 1. The molecule has 154 valence electrons. The molecule has 1 fully saturated rings. The quantitative estimate of drug-likeness (QED) is 0.661. The molecule has 0 radical (unpaired) electrons. The number of aliphatic carboxylic acids is 1. The highest BCUT2D eigenvalue weighted by Crippen LogP contribution is 2.31. The molecule has 1 aliphatic rings. The maximum Gasteiger partial charge on any atom is 0.326 e. The van der Waals surface area contributed by atoms with Gasteiger partial charge in [-0.3, -0.25) is 14.6 Å². The Kier molecular flexibility index (Phi) is 7.66. The first kappa shape index (κ1) is 22.0. The Morgan fingerprint density at radius 2 is 1.86 bits per heavy atom. The van der Waals surface area contributed by atoms with E-state index < -0.39 is 23.3 Å². The molecule has 1 amide bonds. The van der Waals surface area contributed by atoms with Crippen LogP contribution in [0.25, 0.3) is 0 Å². The predicted molar refractivity (Wildman–Crippen MR) is 105 cm³/mol. The Bertz CT molecular complexity index is 679. The Morgan fingerprint density at radius 3 is 2.39 bits per heavy atom. The fraction of sp³-hybridized carbons (Fsp3) is 0.667. The lowest BCUT2D eigenvalue weighted by atomic mass is 9.80. The van der Waals surface area contributed by atoms with Gasteiger partial charge in [0.2, 0.25) is 5.91 Å². The lowest BCUT2D eigenvalue weighted by Crippen LogP contribution is -2.51. The molecule has 7 nitrogen and oxygen atoms in total. The molecule has 0 aromatic carbocycles. The number of hydrogen-bond donors (Lipinski definition) is 2. The number of amides is 1. The second-order valence-corrected chi connectivity index (χ2v) is 8.80. The first-order valence-electron chi connectivity index (χ1n) is 10.0. The van der Waals surface area contributed by atoms with Crippen LogP contribution in [0.4, 0.5) is 0 Å². The number of rotatable bonds is 8. The molecule has 0 unspecified atom stereocenters. The van der Waals surface area contributed by atoms with Gasteiger partial charge >= 0.3 is 5.97 Å². The van der Waals surface area contributed by atoms with E-state index in [4.69, 9.17) is 0 Å². The van der Waals surface area contributed by atoms with Gasteiger partial charge in [-0.05, 0) is 17.8 Å². The van der Waals surface area contributed by atoms with Crippen LogP contribution in [0.5, 0.6) is 0 Å². The van der Waals surface area contributed by atoms with Crippen molar-refractivity contribution >= 4 is 17.7 Å². The minimum atomic E-state index is -1.07. The van der Waals surface area contributed by atoms with Crippen molar-refractivity contribution in [2.24, 2.45) is 17.3 Å². The summed E-state index contributed by atoms with van der Waals surface area (Å²) in [7, 11) is 0. The van der Waals surface area contributed by atoms with Crippen molar-refractivity contribution in [2.75, 3.05) is 0 Å². The highest BCUT2D eigenvalue weighted by molar-refractivity contribution is 5.97. The summed E-state index contributed by atoms with van der Waals surface area (Å²) < 4.78 is 0. The third kappa shape index (κ3) is 6.39. The molecule has 1 saturated carbocycles. The summed E-state index contributed by atoms with van der Waals surface area (Å²) in [6, 6.07) is -1.01. The van der Waals surface area contributed by atoms with E-state index >= 15 is 0 Å². The minimum Gasteiger partial charge on any atom is -0.480 e. The van der Waals surface area contributed by atoms with Crippen LogP contribution in [0.2, 0.25) is 0 Å². The lowest BCUT2D eigenvalue weighted by molar-refractivity contribution is -0.145. The summed E-state index contributed by atoms with van der Waals surface area (Å²) >= 11 is 0. The number of carbonyl (C=O) groups is 3. The van der Waals surface area contributed by atoms with E-state index in [1.165, 1.54) is 25.0 Å². The van der Waals surface area contributed by atoms with Crippen LogP contribution < -0.4 is 5.32 Å². The van der Waals surface area contributed by atoms with Gasteiger partial charge in [0.25, 0.3) is 0 Å². The van der Waals surface area contributed by atoms with Crippen LogP contribution in [-0.2, 0) is 9.59 Å². The van der Waals surface area contributed by atoms with E-state index in [0.717, 1.165) is 25.7 Å². The molecule has 0 saturated heterocycles. The Morgan fingerprint density at radius 1 is 1.18 bits per heavy atom. The normalized spacial score (nSPS) is 17.5. The van der Waals surface area contributed by atoms with Crippen molar-refractivity contribution in [1.82, 2.24) is 15.3 Å². The van der Waals surface area contributed by atoms with E-state index in [1.54, 1.807) is 20.8 Å². The van der Waals surface area contributed by atoms with Gasteiger partial charge in [-0.25, -0.2) is 9.78 Å². The number of nitrogens with zero attached hydrogens (tertiary/aromatic N) is 2. The van der Waals surface area contributed by atoms with Crippen LogP contribution in [0.1, 0.15) is 76.2 Å². The number of nitrogens with one attached hydrogen (secondary N) is 1. The average molecular weight is 389 g/mol. The van der Waals surface area contributed by atoms with Gasteiger partial charge in [0, 0.05) is 24.7 Å². The molecule has 1 aromatic heterocycles. The van der Waals surface area contributed by atoms with Crippen LogP contribution in [0.3, 0.4) is 0 Å². The summed E-state index contributed by atoms with van der Waals surface area (Å²) in [5.74, 6) is -1.87. The van der Waals surface area contributed by atoms with Gasteiger partial charge in [0.15, 0.2) is 5.78 Å². The van der Waals surface area contributed by atoms with Crippen molar-refractivity contribution < 1.29 is 19.5 Å². The number of Topliss-reactive ketones (excluding diaryl/α,β-unsaturated/α-hetero) is 1. The summed E-state index contributed by atoms with van der Waals surface area (Å²) in [5.41, 5.74) is -0.402. The van der Waals surface area contributed by atoms with Gasteiger partial charge < -0.3 is 10.4 Å². The summed E-state index contributed by atoms with van der Waals surface area (Å²) in [4.78, 5) is 45.2. The molecule has 7 heteroatoms. The third-order valence-corrected chi connectivity index (χ3v) is 5.39. The summed E-state index contributed by atoms with van der Waals surface area (Å²) in [6.07, 6.45) is 10.5. The van der Waals surface area contributed by atoms with E-state index in [0.29, 0.717) is 12.3 Å². The van der Waals surface area contributed by atoms with Gasteiger partial charge in [0.1, 0.15) is 11.7 Å². The van der Waals surface area contributed by atoms with Crippen molar-refractivity contribution in [3.8, 4) is 0 Å². The zero-order valence-corrected chi connectivity index (χ0v) is 17.0. The maximum atomic E-state index is 13.0. The lowest BCUT2D eigenvalue weighted by Gasteiger charge is -2.31. The molecule has 1 heterocycles. The number of carbonyl (C=O) groups excluding carboxylic acids is 2. The highest BCUT2D eigenvalue weighted by atomic mass is 16.4. The molecule has 2 rings (SSSR count). The average Bonchev–Trinajstić information content (AvgIpc) is 2.65. The Hall–Kier alpha value is -2.31. The molecular weight excluding hydrogens is 358 g/mol. The van der Waals surface area contributed by atoms with Crippen LogP contribution in [-0.4, -0.2) is 38.8 Å². The first-order chi connectivity index (χ1) is 13.2. The van der Waals surface area contributed by atoms with Gasteiger partial charge in [-0.2, -0.15) is 0 Å². The number of aromatic nitrogens is 2. The molecule has 2 N–H and O–H groups in total. The molecule has 2 atom stereocenters. The van der Waals surface area contributed by atoms with Crippen molar-refractivity contribution in [1.29, 1.82) is 0 Å². The monoisotopic (exact) mass is 389 g/mol. The molecule has 0 spiro atoms. The third-order valence-electron chi connectivity index (χ3n) is 5.39. The van der Waals surface area contributed by atoms with Crippen LogP contribution >= 0.6 is 0 Å². The van der Waals surface area contributed by atoms with Gasteiger partial charge in [-0.15, -0.1) is 0 Å². The fourth-order valence-electron chi connectivity index (χ4n) is 3.79. The van der Waals surface area contributed by atoms with Crippen LogP contribution in [0, 0.1) is 17.3 Å². The van der Waals surface area contributed by atoms with Gasteiger partial charge in [0.05, 0.1) is 6.20 Å². The smallest absolute Gasteiger partial charge is 0.326 e. The Labute approximate surface area is 166 Å². The fourth-order valence-corrected chi connectivity index (χ4v) is 3.79. The van der Waals surface area contributed by atoms with Crippen molar-refractivity contribution in [3.05, 3.63) is 24.3 Å².